The number of nitrogen functional groups attached to an aromatic ring is 1. The van der Waals surface area contributed by atoms with Crippen molar-refractivity contribution in [2.75, 3.05) is 11.1 Å². The van der Waals surface area contributed by atoms with E-state index in [0.29, 0.717) is 22.9 Å². The maximum absolute atomic E-state index is 12.6. The molecule has 3 N–H and O–H groups in total. The second-order valence-electron chi connectivity index (χ2n) is 7.07. The van der Waals surface area contributed by atoms with Gasteiger partial charge >= 0.3 is 0 Å². The minimum Gasteiger partial charge on any atom is -0.399 e. The van der Waals surface area contributed by atoms with Crippen LogP contribution in [0.4, 0.5) is 11.5 Å². The van der Waals surface area contributed by atoms with Crippen molar-refractivity contribution in [2.45, 2.75) is 6.42 Å². The largest absolute Gasteiger partial charge is 0.399 e. The molecule has 0 aliphatic rings. The minimum absolute atomic E-state index is 0.143. The molecule has 4 rings (SSSR count). The van der Waals surface area contributed by atoms with Gasteiger partial charge in [-0.25, -0.2) is 9.97 Å². The highest BCUT2D eigenvalue weighted by atomic mass is 16.1. The molecular weight excluding hydrogens is 384 g/mol. The molecule has 0 unspecified atom stereocenters. The predicted octanol–water partition coefficient (Wildman–Crippen LogP) is 5.08. The van der Waals surface area contributed by atoms with Crippen LogP contribution in [0, 0.1) is 0 Å². The van der Waals surface area contributed by atoms with E-state index in [2.05, 4.69) is 10.3 Å². The summed E-state index contributed by atoms with van der Waals surface area (Å²) in [5.41, 5.74) is 10.6. The Bertz CT molecular complexity index is 1190. The van der Waals surface area contributed by atoms with Crippen molar-refractivity contribution in [1.29, 1.82) is 0 Å². The molecule has 1 amide bonds. The second kappa shape index (κ2) is 9.50. The van der Waals surface area contributed by atoms with E-state index in [1.807, 2.05) is 97.1 Å². The number of hydrogen-bond donors (Lipinski definition) is 2. The lowest BCUT2D eigenvalue weighted by Crippen LogP contribution is -2.16. The third-order valence-corrected chi connectivity index (χ3v) is 4.70. The van der Waals surface area contributed by atoms with Gasteiger partial charge in [-0.2, -0.15) is 0 Å². The van der Waals surface area contributed by atoms with Gasteiger partial charge in [-0.1, -0.05) is 78.9 Å². The summed E-state index contributed by atoms with van der Waals surface area (Å²) in [6.07, 6.45) is 5.73. The molecule has 31 heavy (non-hydrogen) atoms. The highest BCUT2D eigenvalue weighted by Crippen LogP contribution is 2.22. The molecule has 5 heteroatoms. The van der Waals surface area contributed by atoms with Crippen LogP contribution in [-0.2, 0) is 11.2 Å². The van der Waals surface area contributed by atoms with Crippen molar-refractivity contribution in [1.82, 2.24) is 9.97 Å². The molecule has 0 saturated heterocycles. The fourth-order valence-electron chi connectivity index (χ4n) is 3.11. The quantitative estimate of drug-likeness (QED) is 0.438. The highest BCUT2D eigenvalue weighted by Gasteiger charge is 2.11. The molecule has 0 aliphatic carbocycles. The number of carbonyl (C=O) groups is 1. The van der Waals surface area contributed by atoms with Crippen molar-refractivity contribution in [2.24, 2.45) is 0 Å². The van der Waals surface area contributed by atoms with Crippen LogP contribution >= 0.6 is 0 Å². The van der Waals surface area contributed by atoms with E-state index in [-0.39, 0.29) is 12.3 Å². The fraction of sp³-hybridized carbons (Fsp3) is 0.0385. The van der Waals surface area contributed by atoms with Crippen molar-refractivity contribution in [3.63, 3.8) is 0 Å². The number of anilines is 2. The first-order valence-electron chi connectivity index (χ1n) is 9.97. The Morgan fingerprint density at radius 2 is 1.55 bits per heavy atom. The van der Waals surface area contributed by atoms with Gasteiger partial charge in [0.25, 0.3) is 0 Å². The van der Waals surface area contributed by atoms with Gasteiger partial charge in [0.15, 0.2) is 5.82 Å². The Balaban J connectivity index is 1.63. The van der Waals surface area contributed by atoms with Crippen molar-refractivity contribution >= 4 is 29.6 Å². The molecule has 5 nitrogen and oxygen atoms in total. The third-order valence-electron chi connectivity index (χ3n) is 4.70. The van der Waals surface area contributed by atoms with Crippen LogP contribution < -0.4 is 11.1 Å². The van der Waals surface area contributed by atoms with E-state index in [1.54, 1.807) is 6.20 Å². The number of rotatable bonds is 6. The molecule has 0 aliphatic heterocycles. The topological polar surface area (TPSA) is 80.9 Å². The van der Waals surface area contributed by atoms with E-state index < -0.39 is 0 Å². The minimum atomic E-state index is -0.143. The zero-order valence-electron chi connectivity index (χ0n) is 16.9. The number of hydrogen-bond acceptors (Lipinski definition) is 4. The number of benzene rings is 3. The average Bonchev–Trinajstić information content (AvgIpc) is 2.80. The van der Waals surface area contributed by atoms with Gasteiger partial charge in [0.1, 0.15) is 5.69 Å². The number of amides is 1. The van der Waals surface area contributed by atoms with Crippen LogP contribution in [0.3, 0.4) is 0 Å². The van der Waals surface area contributed by atoms with Crippen LogP contribution in [-0.4, -0.2) is 15.9 Å². The van der Waals surface area contributed by atoms with Crippen LogP contribution in [0.5, 0.6) is 0 Å². The van der Waals surface area contributed by atoms with Gasteiger partial charge in [0, 0.05) is 11.3 Å². The molecule has 0 saturated carbocycles. The molecule has 0 atom stereocenters. The summed E-state index contributed by atoms with van der Waals surface area (Å²) in [6.45, 7) is 0. The first-order valence-corrected chi connectivity index (χ1v) is 9.97. The van der Waals surface area contributed by atoms with E-state index >= 15 is 0 Å². The summed E-state index contributed by atoms with van der Waals surface area (Å²) >= 11 is 0. The smallest absolute Gasteiger partial charge is 0.230 e. The van der Waals surface area contributed by atoms with E-state index in [1.165, 1.54) is 0 Å². The Kier molecular flexibility index (Phi) is 6.14. The normalized spacial score (nSPS) is 10.8. The molecule has 3 aromatic carbocycles. The van der Waals surface area contributed by atoms with Crippen molar-refractivity contribution < 1.29 is 4.79 Å². The van der Waals surface area contributed by atoms with Crippen LogP contribution in [0.1, 0.15) is 16.8 Å². The maximum Gasteiger partial charge on any atom is 0.230 e. The summed E-state index contributed by atoms with van der Waals surface area (Å²) < 4.78 is 0. The third kappa shape index (κ3) is 5.42. The van der Waals surface area contributed by atoms with Crippen molar-refractivity contribution in [3.05, 3.63) is 108 Å². The average molecular weight is 406 g/mol. The number of nitrogens with two attached hydrogens (primary N) is 1. The lowest BCUT2D eigenvalue weighted by atomic mass is 10.1. The molecule has 0 spiro atoms. The van der Waals surface area contributed by atoms with E-state index in [9.17, 15) is 4.79 Å². The summed E-state index contributed by atoms with van der Waals surface area (Å²) in [4.78, 5) is 21.8. The zero-order valence-corrected chi connectivity index (χ0v) is 16.9. The Labute approximate surface area is 181 Å². The Morgan fingerprint density at radius 1 is 0.871 bits per heavy atom. The molecule has 0 radical (unpaired) electrons. The molecule has 0 fully saturated rings. The standard InChI is InChI=1S/C26H22N4O/c27-22-14-12-21(13-15-22)24-18-28-26(30-25(31)17-20-9-5-2-6-10-20)23(29-24)16-11-19-7-3-1-4-8-19/h1-16,18H,17,27H2,(H,28,30,31). The lowest BCUT2D eigenvalue weighted by molar-refractivity contribution is -0.115. The maximum atomic E-state index is 12.6. The van der Waals surface area contributed by atoms with Gasteiger partial charge in [-0.3, -0.25) is 4.79 Å². The first-order chi connectivity index (χ1) is 15.2. The summed E-state index contributed by atoms with van der Waals surface area (Å²) in [5, 5.41) is 2.90. The molecule has 0 bridgehead atoms. The monoisotopic (exact) mass is 406 g/mol. The van der Waals surface area contributed by atoms with Gasteiger partial charge in [-0.05, 0) is 29.3 Å². The van der Waals surface area contributed by atoms with Crippen LogP contribution in [0.15, 0.2) is 91.1 Å². The summed E-state index contributed by atoms with van der Waals surface area (Å²) in [5.74, 6) is 0.280. The summed E-state index contributed by atoms with van der Waals surface area (Å²) in [6, 6.07) is 27.0. The van der Waals surface area contributed by atoms with E-state index in [0.717, 1.165) is 16.7 Å². The molecule has 4 aromatic rings. The van der Waals surface area contributed by atoms with Gasteiger partial charge in [0.2, 0.25) is 5.91 Å². The Hall–Kier alpha value is -4.25. The van der Waals surface area contributed by atoms with E-state index in [4.69, 9.17) is 10.7 Å². The van der Waals surface area contributed by atoms with Gasteiger partial charge in [0.05, 0.1) is 18.3 Å². The fourth-order valence-corrected chi connectivity index (χ4v) is 3.11. The second-order valence-corrected chi connectivity index (χ2v) is 7.07. The molecule has 1 heterocycles. The predicted molar refractivity (Wildman–Crippen MR) is 126 cm³/mol. The number of nitrogens with zero attached hydrogens (tertiary/aromatic N) is 2. The highest BCUT2D eigenvalue weighted by molar-refractivity contribution is 5.93. The molecule has 152 valence electrons. The number of aromatic nitrogens is 2. The number of nitrogens with one attached hydrogen (secondary N) is 1. The van der Waals surface area contributed by atoms with Gasteiger partial charge in [-0.15, -0.1) is 0 Å². The van der Waals surface area contributed by atoms with Crippen LogP contribution in [0.25, 0.3) is 23.4 Å². The number of carbonyl (C=O) groups excluding carboxylic acids is 1. The van der Waals surface area contributed by atoms with Crippen LogP contribution in [0.2, 0.25) is 0 Å². The first kappa shape index (κ1) is 20.0. The lowest BCUT2D eigenvalue weighted by Gasteiger charge is -2.10. The van der Waals surface area contributed by atoms with Crippen molar-refractivity contribution in [3.8, 4) is 11.3 Å². The SMILES string of the molecule is Nc1ccc(-c2cnc(NC(=O)Cc3ccccc3)c(C=Cc3ccccc3)n2)cc1. The zero-order chi connectivity index (χ0) is 21.5. The summed E-state index contributed by atoms with van der Waals surface area (Å²) in [7, 11) is 0. The van der Waals surface area contributed by atoms with Gasteiger partial charge < -0.3 is 11.1 Å². The molecule has 1 aromatic heterocycles. The Morgan fingerprint density at radius 3 is 2.26 bits per heavy atom. The molecular formula is C26H22N4O.